The molecule has 0 N–H and O–H groups in total. The Morgan fingerprint density at radius 3 is 1.57 bits per heavy atom. The Balaban J connectivity index is 2.48. The van der Waals surface area contributed by atoms with Crippen LogP contribution in [-0.2, 0) is 4.57 Å². The van der Waals surface area contributed by atoms with Gasteiger partial charge >= 0.3 is 0 Å². The van der Waals surface area contributed by atoms with E-state index in [1.54, 1.807) is 0 Å². The first-order chi connectivity index (χ1) is 9.84. The molecule has 0 aliphatic rings. The maximum atomic E-state index is 13.9. The summed E-state index contributed by atoms with van der Waals surface area (Å²) < 4.78 is 13.9. The van der Waals surface area contributed by atoms with E-state index in [-0.39, 0.29) is 0 Å². The van der Waals surface area contributed by atoms with E-state index in [2.05, 4.69) is 26.6 Å². The molecule has 0 radical (unpaired) electrons. The summed E-state index contributed by atoms with van der Waals surface area (Å²) >= 11 is 0. The third-order valence-electron chi connectivity index (χ3n) is 4.36. The van der Waals surface area contributed by atoms with Crippen molar-refractivity contribution in [2.24, 2.45) is 0 Å². The van der Waals surface area contributed by atoms with Gasteiger partial charge in [0.15, 0.2) is 0 Å². The number of rotatable bonds is 5. The summed E-state index contributed by atoms with van der Waals surface area (Å²) in [6.07, 6.45) is 0.775. The van der Waals surface area contributed by atoms with Crippen LogP contribution < -0.4 is 10.6 Å². The zero-order valence-corrected chi connectivity index (χ0v) is 15.3. The van der Waals surface area contributed by atoms with Crippen LogP contribution in [0.3, 0.4) is 0 Å². The van der Waals surface area contributed by atoms with Gasteiger partial charge in [0.25, 0.3) is 0 Å². The predicted octanol–water partition coefficient (Wildman–Crippen LogP) is 4.73. The Kier molecular flexibility index (Phi) is 4.90. The Morgan fingerprint density at radius 1 is 0.857 bits per heavy atom. The lowest BCUT2D eigenvalue weighted by Gasteiger charge is -2.30. The van der Waals surface area contributed by atoms with Crippen LogP contribution in [0.5, 0.6) is 0 Å². The Bertz CT molecular complexity index is 573. The first-order valence-corrected chi connectivity index (χ1v) is 13.0. The standard InChI is InChI=1S/C18H25OPSi/c1-16(21(2,3)4)15-20(19,17-11-7-5-8-12-17)18-13-9-6-10-14-18/h5-14,16H,15H2,1-4H3. The monoisotopic (exact) mass is 316 g/mol. The normalized spacial score (nSPS) is 13.9. The van der Waals surface area contributed by atoms with Gasteiger partial charge in [-0.3, -0.25) is 0 Å². The van der Waals surface area contributed by atoms with Crippen LogP contribution in [0.4, 0.5) is 0 Å². The van der Waals surface area contributed by atoms with Gasteiger partial charge in [0.05, 0.1) is 0 Å². The summed E-state index contributed by atoms with van der Waals surface area (Å²) in [7, 11) is -3.85. The second kappa shape index (κ2) is 6.33. The first kappa shape index (κ1) is 16.3. The minimum Gasteiger partial charge on any atom is -0.314 e. The van der Waals surface area contributed by atoms with Gasteiger partial charge in [0, 0.05) is 24.8 Å². The molecule has 0 spiro atoms. The molecule has 2 aromatic carbocycles. The molecule has 2 aromatic rings. The Labute approximate surface area is 129 Å². The second-order valence-corrected chi connectivity index (χ2v) is 15.5. The van der Waals surface area contributed by atoms with Crippen molar-refractivity contribution in [1.82, 2.24) is 0 Å². The lowest BCUT2D eigenvalue weighted by molar-refractivity contribution is 0.586. The molecule has 0 saturated heterocycles. The molecule has 0 aliphatic carbocycles. The fraction of sp³-hybridized carbons (Fsp3) is 0.333. The van der Waals surface area contributed by atoms with Crippen LogP contribution in [0.15, 0.2) is 60.7 Å². The van der Waals surface area contributed by atoms with E-state index in [0.717, 1.165) is 16.8 Å². The third kappa shape index (κ3) is 3.75. The van der Waals surface area contributed by atoms with Crippen molar-refractivity contribution < 1.29 is 4.57 Å². The van der Waals surface area contributed by atoms with E-state index in [9.17, 15) is 4.57 Å². The fourth-order valence-corrected chi connectivity index (χ4v) is 8.12. The van der Waals surface area contributed by atoms with E-state index in [0.29, 0.717) is 5.54 Å². The van der Waals surface area contributed by atoms with E-state index < -0.39 is 15.2 Å². The molecule has 0 bridgehead atoms. The van der Waals surface area contributed by atoms with Crippen LogP contribution in [-0.4, -0.2) is 14.2 Å². The summed E-state index contributed by atoms with van der Waals surface area (Å²) in [6.45, 7) is 9.35. The van der Waals surface area contributed by atoms with Gasteiger partial charge in [-0.1, -0.05) is 87.2 Å². The van der Waals surface area contributed by atoms with Crippen LogP contribution in [0.25, 0.3) is 0 Å². The summed E-state index contributed by atoms with van der Waals surface area (Å²) in [5.41, 5.74) is 0.517. The smallest absolute Gasteiger partial charge is 0.143 e. The van der Waals surface area contributed by atoms with Crippen LogP contribution in [0.2, 0.25) is 25.2 Å². The molecule has 3 heteroatoms. The van der Waals surface area contributed by atoms with Gasteiger partial charge in [0.1, 0.15) is 7.14 Å². The van der Waals surface area contributed by atoms with E-state index in [1.165, 1.54) is 0 Å². The SMILES string of the molecule is CC(CP(=O)(c1ccccc1)c1ccccc1)[Si](C)(C)C. The number of hydrogen-bond donors (Lipinski definition) is 0. The second-order valence-electron chi connectivity index (χ2n) is 6.86. The maximum absolute atomic E-state index is 13.9. The van der Waals surface area contributed by atoms with Crippen LogP contribution in [0.1, 0.15) is 6.92 Å². The molecule has 0 amide bonds. The van der Waals surface area contributed by atoms with Crippen molar-refractivity contribution >= 4 is 25.8 Å². The van der Waals surface area contributed by atoms with E-state index in [4.69, 9.17) is 0 Å². The molecule has 1 unspecified atom stereocenters. The van der Waals surface area contributed by atoms with Gasteiger partial charge in [0.2, 0.25) is 0 Å². The Hall–Kier alpha value is -1.11. The molecule has 1 nitrogen and oxygen atoms in total. The summed E-state index contributed by atoms with van der Waals surface area (Å²) in [4.78, 5) is 0. The highest BCUT2D eigenvalue weighted by Gasteiger charge is 2.34. The van der Waals surface area contributed by atoms with Crippen molar-refractivity contribution in [3.05, 3.63) is 60.7 Å². The van der Waals surface area contributed by atoms with Gasteiger partial charge in [-0.05, 0) is 5.54 Å². The molecule has 1 atom stereocenters. The van der Waals surface area contributed by atoms with Crippen molar-refractivity contribution in [3.8, 4) is 0 Å². The molecular formula is C18H25OPSi. The fourth-order valence-electron chi connectivity index (χ4n) is 2.36. The molecule has 0 aromatic heterocycles. The molecule has 0 heterocycles. The average Bonchev–Trinajstić information content (AvgIpc) is 2.48. The number of hydrogen-bond acceptors (Lipinski definition) is 1. The lowest BCUT2D eigenvalue weighted by Crippen LogP contribution is -2.31. The quantitative estimate of drug-likeness (QED) is 0.576. The topological polar surface area (TPSA) is 17.1 Å². The molecule has 112 valence electrons. The maximum Gasteiger partial charge on any atom is 0.143 e. The highest BCUT2D eigenvalue weighted by molar-refractivity contribution is 7.78. The molecule has 21 heavy (non-hydrogen) atoms. The predicted molar refractivity (Wildman–Crippen MR) is 97.4 cm³/mol. The Morgan fingerprint density at radius 2 is 1.24 bits per heavy atom. The van der Waals surface area contributed by atoms with Gasteiger partial charge in [-0.15, -0.1) is 0 Å². The summed E-state index contributed by atoms with van der Waals surface area (Å²) in [5.74, 6) is 0. The zero-order valence-electron chi connectivity index (χ0n) is 13.4. The van der Waals surface area contributed by atoms with Gasteiger partial charge < -0.3 is 4.57 Å². The van der Waals surface area contributed by atoms with Gasteiger partial charge in [-0.2, -0.15) is 0 Å². The minimum atomic E-state index is -2.54. The van der Waals surface area contributed by atoms with Crippen molar-refractivity contribution in [1.29, 1.82) is 0 Å². The largest absolute Gasteiger partial charge is 0.314 e. The summed E-state index contributed by atoms with van der Waals surface area (Å²) in [6, 6.07) is 20.0. The number of benzene rings is 2. The molecule has 0 saturated carbocycles. The van der Waals surface area contributed by atoms with Crippen LogP contribution in [0, 0.1) is 0 Å². The first-order valence-electron chi connectivity index (χ1n) is 7.54. The van der Waals surface area contributed by atoms with Crippen LogP contribution >= 0.6 is 7.14 Å². The van der Waals surface area contributed by atoms with Crippen molar-refractivity contribution in [3.63, 3.8) is 0 Å². The average molecular weight is 316 g/mol. The van der Waals surface area contributed by atoms with E-state index in [1.807, 2.05) is 60.7 Å². The highest BCUT2D eigenvalue weighted by Crippen LogP contribution is 2.48. The molecule has 2 rings (SSSR count). The lowest BCUT2D eigenvalue weighted by atomic mass is 10.4. The highest BCUT2D eigenvalue weighted by atomic mass is 31.2. The molecule has 0 aliphatic heterocycles. The van der Waals surface area contributed by atoms with Crippen molar-refractivity contribution in [2.45, 2.75) is 32.1 Å². The van der Waals surface area contributed by atoms with E-state index >= 15 is 0 Å². The minimum absolute atomic E-state index is 0.517. The molecular weight excluding hydrogens is 291 g/mol. The molecule has 0 fully saturated rings. The van der Waals surface area contributed by atoms with Gasteiger partial charge in [-0.25, -0.2) is 0 Å². The zero-order chi connectivity index (χ0) is 15.5. The van der Waals surface area contributed by atoms with Crippen molar-refractivity contribution in [2.75, 3.05) is 6.16 Å². The summed E-state index contributed by atoms with van der Waals surface area (Å²) in [5, 5.41) is 1.97. The third-order valence-corrected chi connectivity index (χ3v) is 11.2.